The van der Waals surface area contributed by atoms with Gasteiger partial charge in [-0.1, -0.05) is 0 Å². The first-order valence-electron chi connectivity index (χ1n) is 11.0. The molecule has 2 aromatic carbocycles. The highest BCUT2D eigenvalue weighted by Crippen LogP contribution is 2.59. The lowest BCUT2D eigenvalue weighted by Crippen LogP contribution is -2.89. The van der Waals surface area contributed by atoms with Crippen molar-refractivity contribution in [1.29, 1.82) is 0 Å². The summed E-state index contributed by atoms with van der Waals surface area (Å²) in [4.78, 5) is 25.8. The number of amides is 2. The summed E-state index contributed by atoms with van der Waals surface area (Å²) in [6, 6.07) is 5.66. The Morgan fingerprint density at radius 1 is 0.970 bits per heavy atom. The second-order valence-corrected chi connectivity index (χ2v) is 9.49. The van der Waals surface area contributed by atoms with E-state index in [1.54, 1.807) is 0 Å². The summed E-state index contributed by atoms with van der Waals surface area (Å²) in [5.74, 6) is -7.88. The largest absolute Gasteiger partial charge is 0.389 e. The van der Waals surface area contributed by atoms with Crippen LogP contribution in [0.3, 0.4) is 0 Å². The fraction of sp³-hybridized carbons (Fsp3) is 0.417. The fourth-order valence-electron chi connectivity index (χ4n) is 6.07. The van der Waals surface area contributed by atoms with E-state index < -0.39 is 34.9 Å². The number of piperidine rings is 2. The van der Waals surface area contributed by atoms with Gasteiger partial charge < -0.3 is 11.1 Å². The van der Waals surface area contributed by atoms with Crippen LogP contribution in [0.5, 0.6) is 0 Å². The number of nitrogens with zero attached hydrogens (tertiary/aromatic N) is 1. The van der Waals surface area contributed by atoms with Gasteiger partial charge in [0.25, 0.3) is 5.91 Å². The normalized spacial score (nSPS) is 30.0. The molecule has 0 bridgehead atoms. The molecule has 3 heterocycles. The number of carbonyl (C=O) groups is 2. The molecule has 2 aromatic rings. The number of quaternary nitrogens is 1. The Hall–Kier alpha value is -2.78. The van der Waals surface area contributed by atoms with Gasteiger partial charge in [-0.2, -0.15) is 8.78 Å². The van der Waals surface area contributed by atoms with Crippen molar-refractivity contribution in [2.45, 2.75) is 62.7 Å². The molecule has 0 spiro atoms. The highest BCUT2D eigenvalue weighted by molar-refractivity contribution is 6.04. The lowest BCUT2D eigenvalue weighted by atomic mass is 9.63. The van der Waals surface area contributed by atoms with Gasteiger partial charge in [-0.3, -0.25) is 4.79 Å². The highest BCUT2D eigenvalue weighted by Gasteiger charge is 2.77. The average Bonchev–Trinajstić information content (AvgIpc) is 2.73. The Labute approximate surface area is 188 Å². The monoisotopic (exact) mass is 462 g/mol. The molecule has 0 aliphatic carbocycles. The minimum absolute atomic E-state index is 0.118. The lowest BCUT2D eigenvalue weighted by molar-refractivity contribution is -1.02. The van der Waals surface area contributed by atoms with Crippen molar-refractivity contribution < 1.29 is 31.6 Å². The van der Waals surface area contributed by atoms with Crippen LogP contribution in [0.25, 0.3) is 0 Å². The zero-order chi connectivity index (χ0) is 23.7. The van der Waals surface area contributed by atoms with Crippen LogP contribution < -0.4 is 11.1 Å². The number of rotatable bonds is 4. The minimum Gasteiger partial charge on any atom is -0.327 e. The Morgan fingerprint density at radius 3 is 2.18 bits per heavy atom. The van der Waals surface area contributed by atoms with Crippen LogP contribution in [0.1, 0.15) is 47.2 Å². The van der Waals surface area contributed by atoms with Crippen LogP contribution in [0.2, 0.25) is 0 Å². The summed E-state index contributed by atoms with van der Waals surface area (Å²) in [7, 11) is 0. The van der Waals surface area contributed by atoms with E-state index in [4.69, 9.17) is 5.73 Å². The molecule has 2 amide bonds. The number of benzene rings is 2. The molecule has 3 aliphatic heterocycles. The lowest BCUT2D eigenvalue weighted by Gasteiger charge is -2.70. The first-order chi connectivity index (χ1) is 15.5. The third-order valence-electron chi connectivity index (χ3n) is 7.65. The van der Waals surface area contributed by atoms with E-state index in [1.807, 2.05) is 0 Å². The molecule has 0 aromatic heterocycles. The van der Waals surface area contributed by atoms with E-state index in [-0.39, 0.29) is 39.9 Å². The topological polar surface area (TPSA) is 72.2 Å². The quantitative estimate of drug-likeness (QED) is 0.533. The van der Waals surface area contributed by atoms with E-state index in [2.05, 4.69) is 5.32 Å². The first kappa shape index (κ1) is 22.0. The number of anilines is 1. The standard InChI is InChI=1S/C24H23F4N3O2/c1-12-6-15(3-5-20(12)25)30-22(32)13-2-4-21(26)19(7-13)24(27,28)23(33)31-16-8-14(29)9-17(31)11-18(31)10-16/h2-7,14,16-18H,8-11,29H2,1H3/p+1/t14?,16-,17+,18?,31?. The molecule has 3 unspecified atom stereocenters. The third kappa shape index (κ3) is 3.13. The predicted octanol–water partition coefficient (Wildman–Crippen LogP) is 4.00. The van der Waals surface area contributed by atoms with Gasteiger partial charge in [0.15, 0.2) is 0 Å². The maximum atomic E-state index is 15.5. The number of hydrogen-bond donors (Lipinski definition) is 2. The second kappa shape index (κ2) is 7.36. The summed E-state index contributed by atoms with van der Waals surface area (Å²) in [5.41, 5.74) is 5.26. The molecule has 3 N–H and O–H groups in total. The van der Waals surface area contributed by atoms with Gasteiger partial charge in [0, 0.05) is 30.1 Å². The van der Waals surface area contributed by atoms with Gasteiger partial charge in [0.2, 0.25) is 0 Å². The van der Waals surface area contributed by atoms with E-state index in [9.17, 15) is 18.4 Å². The first-order valence-corrected chi connectivity index (χ1v) is 11.0. The summed E-state index contributed by atoms with van der Waals surface area (Å²) >= 11 is 0. The van der Waals surface area contributed by atoms with Gasteiger partial charge in [-0.05, 0) is 48.9 Å². The molecule has 5 nitrogen and oxygen atoms in total. The molecule has 5 atom stereocenters. The Balaban J connectivity index is 1.43. The van der Waals surface area contributed by atoms with Crippen molar-refractivity contribution >= 4 is 17.5 Å². The number of hydrogen-bond acceptors (Lipinski definition) is 3. The number of halogens is 4. The van der Waals surface area contributed by atoms with Gasteiger partial charge >= 0.3 is 11.8 Å². The number of nitrogens with one attached hydrogen (secondary N) is 1. The van der Waals surface area contributed by atoms with Crippen molar-refractivity contribution in [1.82, 2.24) is 0 Å². The van der Waals surface area contributed by atoms with Crippen LogP contribution in [0, 0.1) is 18.6 Å². The highest BCUT2D eigenvalue weighted by atomic mass is 19.3. The van der Waals surface area contributed by atoms with Crippen molar-refractivity contribution in [3.8, 4) is 0 Å². The van der Waals surface area contributed by atoms with Gasteiger partial charge in [-0.25, -0.2) is 18.1 Å². The average molecular weight is 462 g/mol. The molecule has 3 saturated heterocycles. The molecule has 174 valence electrons. The smallest absolute Gasteiger partial charge is 0.327 e. The van der Waals surface area contributed by atoms with E-state index >= 15 is 8.78 Å². The van der Waals surface area contributed by atoms with E-state index in [0.29, 0.717) is 31.2 Å². The van der Waals surface area contributed by atoms with Gasteiger partial charge in [-0.15, -0.1) is 0 Å². The minimum atomic E-state index is -4.09. The zero-order valence-corrected chi connectivity index (χ0v) is 18.0. The maximum Gasteiger partial charge on any atom is 0.389 e. The second-order valence-electron chi connectivity index (χ2n) is 9.49. The maximum absolute atomic E-state index is 15.5. The Morgan fingerprint density at radius 2 is 1.58 bits per heavy atom. The molecule has 0 saturated carbocycles. The predicted molar refractivity (Wildman–Crippen MR) is 112 cm³/mol. The summed E-state index contributed by atoms with van der Waals surface area (Å²) in [5, 5.41) is 2.49. The van der Waals surface area contributed by atoms with Crippen LogP contribution in [0.4, 0.5) is 23.2 Å². The number of carbonyl (C=O) groups excluding carboxylic acids is 2. The Kier molecular flexibility index (Phi) is 4.92. The van der Waals surface area contributed by atoms with Gasteiger partial charge in [0.1, 0.15) is 29.8 Å². The molecule has 3 aliphatic rings. The van der Waals surface area contributed by atoms with Crippen LogP contribution in [0.15, 0.2) is 36.4 Å². The number of alkyl halides is 2. The number of nitrogens with two attached hydrogens (primary N) is 1. The molecule has 3 fully saturated rings. The van der Waals surface area contributed by atoms with Crippen molar-refractivity contribution in [2.75, 3.05) is 5.32 Å². The van der Waals surface area contributed by atoms with Gasteiger partial charge in [0.05, 0.1) is 18.4 Å². The third-order valence-corrected chi connectivity index (χ3v) is 7.65. The molecular formula is C24H24F4N3O2+. The molecule has 33 heavy (non-hydrogen) atoms. The van der Waals surface area contributed by atoms with Crippen LogP contribution in [-0.4, -0.2) is 40.5 Å². The fourth-order valence-corrected chi connectivity index (χ4v) is 6.07. The zero-order valence-electron chi connectivity index (χ0n) is 18.0. The van der Waals surface area contributed by atoms with Crippen molar-refractivity contribution in [3.05, 3.63) is 64.7 Å². The molecule has 9 heteroatoms. The number of aryl methyl sites for hydroxylation is 1. The summed E-state index contributed by atoms with van der Waals surface area (Å²) < 4.78 is 58.7. The SMILES string of the molecule is Cc1cc(NC(=O)c2ccc(F)c(C(F)(F)C(=O)[N+]34C5C[C@H]3CC(N)C[C@H]4C5)c2)ccc1F. The summed E-state index contributed by atoms with van der Waals surface area (Å²) in [6.07, 6.45) is 2.34. The molecule has 5 rings (SSSR count). The van der Waals surface area contributed by atoms with Crippen LogP contribution in [-0.2, 0) is 10.7 Å². The molecular weight excluding hydrogens is 438 g/mol. The summed E-state index contributed by atoms with van der Waals surface area (Å²) in [6.45, 7) is 1.52. The van der Waals surface area contributed by atoms with Crippen molar-refractivity contribution in [3.63, 3.8) is 0 Å². The van der Waals surface area contributed by atoms with E-state index in [0.717, 1.165) is 18.2 Å². The van der Waals surface area contributed by atoms with Crippen LogP contribution >= 0.6 is 0 Å². The van der Waals surface area contributed by atoms with Crippen molar-refractivity contribution in [2.24, 2.45) is 5.73 Å². The van der Waals surface area contributed by atoms with E-state index in [1.165, 1.54) is 25.1 Å². The molecule has 0 radical (unpaired) electrons. The Bertz CT molecular complexity index is 1150.